The molecule has 21 heavy (non-hydrogen) atoms. The maximum absolute atomic E-state index is 13.2. The summed E-state index contributed by atoms with van der Waals surface area (Å²) in [6.45, 7) is 1.83. The molecule has 0 fully saturated rings. The van der Waals surface area contributed by atoms with Crippen LogP contribution in [0, 0.1) is 12.7 Å². The summed E-state index contributed by atoms with van der Waals surface area (Å²) in [6.07, 6.45) is 2.53. The summed E-state index contributed by atoms with van der Waals surface area (Å²) < 4.78 is 19.5. The van der Waals surface area contributed by atoms with E-state index in [4.69, 9.17) is 9.84 Å². The number of carbonyl (C=O) groups is 1. The van der Waals surface area contributed by atoms with Gasteiger partial charge in [0.1, 0.15) is 17.3 Å². The van der Waals surface area contributed by atoms with Gasteiger partial charge in [-0.2, -0.15) is 0 Å². The van der Waals surface area contributed by atoms with Crippen molar-refractivity contribution in [3.05, 3.63) is 63.9 Å². The third-order valence-corrected chi connectivity index (χ3v) is 3.44. The molecule has 0 bridgehead atoms. The van der Waals surface area contributed by atoms with Gasteiger partial charge < -0.3 is 9.84 Å². The Hall–Kier alpha value is -2.14. The van der Waals surface area contributed by atoms with Crippen molar-refractivity contribution in [2.75, 3.05) is 0 Å². The van der Waals surface area contributed by atoms with Crippen molar-refractivity contribution in [2.24, 2.45) is 0 Å². The number of carboxylic acid groups (broad SMARTS) is 1. The first kappa shape index (κ1) is 15.3. The molecule has 0 radical (unpaired) electrons. The first-order valence-corrected chi connectivity index (χ1v) is 6.89. The summed E-state index contributed by atoms with van der Waals surface area (Å²) in [5.74, 6) is -0.410. The van der Waals surface area contributed by atoms with Crippen molar-refractivity contribution in [3.8, 4) is 11.5 Å². The van der Waals surface area contributed by atoms with Gasteiger partial charge in [0.25, 0.3) is 0 Å². The SMILES string of the molecule is Cc1ccc(F)cc1Oc1ccc(/C=C/C(=O)O)c(Br)c1. The first-order chi connectivity index (χ1) is 9.95. The summed E-state index contributed by atoms with van der Waals surface area (Å²) in [4.78, 5) is 10.5. The summed E-state index contributed by atoms with van der Waals surface area (Å²) in [6, 6.07) is 9.44. The summed E-state index contributed by atoms with van der Waals surface area (Å²) in [5, 5.41) is 8.61. The van der Waals surface area contributed by atoms with Gasteiger partial charge in [-0.05, 0) is 42.3 Å². The van der Waals surface area contributed by atoms with Crippen LogP contribution in [0.25, 0.3) is 6.08 Å². The Kier molecular flexibility index (Phi) is 4.75. The molecule has 0 aromatic heterocycles. The van der Waals surface area contributed by atoms with E-state index in [0.29, 0.717) is 21.5 Å². The number of ether oxygens (including phenoxy) is 1. The maximum atomic E-state index is 13.2. The lowest BCUT2D eigenvalue weighted by Gasteiger charge is -2.10. The molecule has 0 atom stereocenters. The number of aliphatic carboxylic acids is 1. The van der Waals surface area contributed by atoms with Gasteiger partial charge in [-0.1, -0.05) is 28.1 Å². The fraction of sp³-hybridized carbons (Fsp3) is 0.0625. The molecule has 5 heteroatoms. The topological polar surface area (TPSA) is 46.5 Å². The maximum Gasteiger partial charge on any atom is 0.328 e. The van der Waals surface area contributed by atoms with Gasteiger partial charge in [0, 0.05) is 16.6 Å². The quantitative estimate of drug-likeness (QED) is 0.806. The lowest BCUT2D eigenvalue weighted by molar-refractivity contribution is -0.131. The molecule has 2 aromatic rings. The van der Waals surface area contributed by atoms with Gasteiger partial charge in [0.15, 0.2) is 0 Å². The monoisotopic (exact) mass is 350 g/mol. The number of aryl methyl sites for hydroxylation is 1. The minimum absolute atomic E-state index is 0.365. The molecule has 0 heterocycles. The Morgan fingerprint density at radius 2 is 2.05 bits per heavy atom. The zero-order chi connectivity index (χ0) is 15.4. The third-order valence-electron chi connectivity index (χ3n) is 2.76. The molecule has 0 spiro atoms. The van der Waals surface area contributed by atoms with E-state index in [0.717, 1.165) is 11.6 Å². The lowest BCUT2D eigenvalue weighted by atomic mass is 10.2. The van der Waals surface area contributed by atoms with Crippen LogP contribution in [0.2, 0.25) is 0 Å². The zero-order valence-electron chi connectivity index (χ0n) is 11.1. The minimum atomic E-state index is -1.02. The first-order valence-electron chi connectivity index (χ1n) is 6.10. The van der Waals surface area contributed by atoms with Gasteiger partial charge >= 0.3 is 5.97 Å². The van der Waals surface area contributed by atoms with E-state index in [1.54, 1.807) is 24.3 Å². The molecule has 1 N–H and O–H groups in total. The fourth-order valence-corrected chi connectivity index (χ4v) is 2.17. The van der Waals surface area contributed by atoms with Crippen LogP contribution in [0.4, 0.5) is 4.39 Å². The number of benzene rings is 2. The van der Waals surface area contributed by atoms with Crippen LogP contribution >= 0.6 is 15.9 Å². The number of rotatable bonds is 4. The van der Waals surface area contributed by atoms with Gasteiger partial charge in [-0.25, -0.2) is 9.18 Å². The van der Waals surface area contributed by atoms with Crippen molar-refractivity contribution >= 4 is 28.0 Å². The van der Waals surface area contributed by atoms with Gasteiger partial charge in [-0.3, -0.25) is 0 Å². The molecule has 0 amide bonds. The van der Waals surface area contributed by atoms with Gasteiger partial charge in [0.05, 0.1) is 0 Å². The summed E-state index contributed by atoms with van der Waals surface area (Å²) in [5.41, 5.74) is 1.53. The molecule has 0 aliphatic heterocycles. The van der Waals surface area contributed by atoms with Crippen molar-refractivity contribution in [3.63, 3.8) is 0 Å². The van der Waals surface area contributed by atoms with Crippen molar-refractivity contribution in [1.82, 2.24) is 0 Å². The van der Waals surface area contributed by atoms with Crippen LogP contribution in [-0.2, 0) is 4.79 Å². The van der Waals surface area contributed by atoms with E-state index < -0.39 is 5.97 Å². The Morgan fingerprint density at radius 3 is 2.71 bits per heavy atom. The van der Waals surface area contributed by atoms with E-state index in [9.17, 15) is 9.18 Å². The molecule has 2 aromatic carbocycles. The Bertz CT molecular complexity index is 711. The fourth-order valence-electron chi connectivity index (χ4n) is 1.68. The standard InChI is InChI=1S/C16H12BrFO3/c1-10-2-5-12(18)8-15(10)21-13-6-3-11(14(17)9-13)4-7-16(19)20/h2-9H,1H3,(H,19,20)/b7-4+. The molecular weight excluding hydrogens is 339 g/mol. The van der Waals surface area contributed by atoms with Crippen molar-refractivity contribution in [1.29, 1.82) is 0 Å². The normalized spacial score (nSPS) is 10.8. The largest absolute Gasteiger partial charge is 0.478 e. The predicted molar refractivity (Wildman–Crippen MR) is 82.0 cm³/mol. The second-order valence-electron chi connectivity index (χ2n) is 4.37. The van der Waals surface area contributed by atoms with E-state index in [-0.39, 0.29) is 5.82 Å². The highest BCUT2D eigenvalue weighted by atomic mass is 79.9. The Labute approximate surface area is 129 Å². The van der Waals surface area contributed by atoms with Crippen LogP contribution < -0.4 is 4.74 Å². The number of hydrogen-bond donors (Lipinski definition) is 1. The van der Waals surface area contributed by atoms with E-state index >= 15 is 0 Å². The Balaban J connectivity index is 2.24. The zero-order valence-corrected chi connectivity index (χ0v) is 12.7. The van der Waals surface area contributed by atoms with Crippen LogP contribution in [0.15, 0.2) is 46.9 Å². The van der Waals surface area contributed by atoms with E-state index in [2.05, 4.69) is 15.9 Å². The van der Waals surface area contributed by atoms with Crippen molar-refractivity contribution in [2.45, 2.75) is 6.92 Å². The molecular formula is C16H12BrFO3. The number of carboxylic acids is 1. The average molecular weight is 351 g/mol. The second kappa shape index (κ2) is 6.54. The molecule has 0 saturated carbocycles. The van der Waals surface area contributed by atoms with Crippen LogP contribution in [0.5, 0.6) is 11.5 Å². The summed E-state index contributed by atoms with van der Waals surface area (Å²) in [7, 11) is 0. The third kappa shape index (κ3) is 4.16. The predicted octanol–water partition coefficient (Wildman–Crippen LogP) is 4.79. The molecule has 0 unspecified atom stereocenters. The Morgan fingerprint density at radius 1 is 1.29 bits per heavy atom. The molecule has 0 saturated heterocycles. The summed E-state index contributed by atoms with van der Waals surface area (Å²) >= 11 is 3.35. The van der Waals surface area contributed by atoms with Gasteiger partial charge in [0.2, 0.25) is 0 Å². The molecule has 108 valence electrons. The molecule has 2 rings (SSSR count). The number of halogens is 2. The minimum Gasteiger partial charge on any atom is -0.478 e. The highest BCUT2D eigenvalue weighted by Crippen LogP contribution is 2.29. The van der Waals surface area contributed by atoms with Crippen LogP contribution in [-0.4, -0.2) is 11.1 Å². The lowest BCUT2D eigenvalue weighted by Crippen LogP contribution is -1.90. The van der Waals surface area contributed by atoms with Crippen LogP contribution in [0.1, 0.15) is 11.1 Å². The van der Waals surface area contributed by atoms with E-state index in [1.807, 2.05) is 6.92 Å². The van der Waals surface area contributed by atoms with Crippen LogP contribution in [0.3, 0.4) is 0 Å². The van der Waals surface area contributed by atoms with E-state index in [1.165, 1.54) is 18.2 Å². The molecule has 3 nitrogen and oxygen atoms in total. The smallest absolute Gasteiger partial charge is 0.328 e. The average Bonchev–Trinajstić information content (AvgIpc) is 2.42. The highest BCUT2D eigenvalue weighted by Gasteiger charge is 2.05. The van der Waals surface area contributed by atoms with Crippen molar-refractivity contribution < 1.29 is 19.0 Å². The number of hydrogen-bond acceptors (Lipinski definition) is 2. The van der Waals surface area contributed by atoms with Gasteiger partial charge in [-0.15, -0.1) is 0 Å². The molecule has 0 aliphatic carbocycles. The highest BCUT2D eigenvalue weighted by molar-refractivity contribution is 9.10. The second-order valence-corrected chi connectivity index (χ2v) is 5.22. The molecule has 0 aliphatic rings.